The third kappa shape index (κ3) is 5.60. The maximum atomic E-state index is 11.3. The Kier molecular flexibility index (Phi) is 7.51. The van der Waals surface area contributed by atoms with Gasteiger partial charge in [0.2, 0.25) is 0 Å². The molecule has 38 heavy (non-hydrogen) atoms. The number of anilines is 1. The molecule has 3 aliphatic rings. The molecule has 0 radical (unpaired) electrons. The van der Waals surface area contributed by atoms with Crippen LogP contribution in [0.2, 0.25) is 0 Å². The fraction of sp³-hybridized carbons (Fsp3) is 0.429. The van der Waals surface area contributed by atoms with E-state index in [-0.39, 0.29) is 11.7 Å². The number of benzene rings is 1. The topological polar surface area (TPSA) is 106 Å². The van der Waals surface area contributed by atoms with E-state index in [0.29, 0.717) is 24.6 Å². The molecule has 0 amide bonds. The van der Waals surface area contributed by atoms with Gasteiger partial charge in [0.1, 0.15) is 17.3 Å². The molecule has 2 aliphatic heterocycles. The third-order valence-corrected chi connectivity index (χ3v) is 7.51. The fourth-order valence-electron chi connectivity index (χ4n) is 5.72. The van der Waals surface area contributed by atoms with Crippen LogP contribution in [0.25, 0.3) is 11.3 Å². The van der Waals surface area contributed by atoms with E-state index in [0.717, 1.165) is 72.5 Å². The minimum Gasteiger partial charge on any atom is -0.478 e. The van der Waals surface area contributed by atoms with Crippen molar-refractivity contribution in [3.63, 3.8) is 0 Å². The average Bonchev–Trinajstić information content (AvgIpc) is 3.59. The van der Waals surface area contributed by atoms with Crippen molar-refractivity contribution in [3.8, 4) is 11.3 Å². The van der Waals surface area contributed by atoms with Gasteiger partial charge >= 0.3 is 12.3 Å². The van der Waals surface area contributed by atoms with Crippen LogP contribution in [-0.4, -0.2) is 45.7 Å². The number of carboxylic acids is 1. The molecule has 3 atom stereocenters. The normalized spacial score (nSPS) is 22.1. The second kappa shape index (κ2) is 11.0. The van der Waals surface area contributed by atoms with Gasteiger partial charge in [-0.25, -0.2) is 14.6 Å². The Labute approximate surface area is 218 Å². The number of halogens is 2. The molecule has 2 unspecified atom stereocenters. The second-order valence-electron chi connectivity index (χ2n) is 10.1. The van der Waals surface area contributed by atoms with Gasteiger partial charge in [-0.15, -0.1) is 8.78 Å². The summed E-state index contributed by atoms with van der Waals surface area (Å²) in [6, 6.07) is 12.7. The third-order valence-electron chi connectivity index (χ3n) is 7.51. The number of ether oxygens (including phenoxy) is 1. The van der Waals surface area contributed by atoms with Crippen molar-refractivity contribution >= 4 is 18.1 Å². The summed E-state index contributed by atoms with van der Waals surface area (Å²) < 4.78 is 31.7. The van der Waals surface area contributed by atoms with E-state index >= 15 is 0 Å². The van der Waals surface area contributed by atoms with Gasteiger partial charge in [-0.3, -0.25) is 0 Å². The van der Waals surface area contributed by atoms with Crippen molar-refractivity contribution in [1.29, 1.82) is 0 Å². The zero-order valence-corrected chi connectivity index (χ0v) is 21.0. The van der Waals surface area contributed by atoms with Crippen molar-refractivity contribution in [3.05, 3.63) is 65.0 Å². The van der Waals surface area contributed by atoms with Gasteiger partial charge in [-0.1, -0.05) is 35.5 Å². The van der Waals surface area contributed by atoms with Gasteiger partial charge in [0.05, 0.1) is 18.3 Å². The van der Waals surface area contributed by atoms with Crippen molar-refractivity contribution in [2.45, 2.75) is 76.2 Å². The van der Waals surface area contributed by atoms with Gasteiger partial charge < -0.3 is 19.3 Å². The molecule has 3 fully saturated rings. The van der Waals surface area contributed by atoms with Crippen LogP contribution >= 0.6 is 0 Å². The number of hydrogen-bond donors (Lipinski definition) is 1. The number of rotatable bonds is 7. The van der Waals surface area contributed by atoms with Crippen molar-refractivity contribution in [1.82, 2.24) is 10.1 Å². The van der Waals surface area contributed by atoms with E-state index in [4.69, 9.17) is 14.1 Å². The van der Waals surface area contributed by atoms with Crippen LogP contribution in [0.15, 0.2) is 47.1 Å². The maximum absolute atomic E-state index is 11.3. The van der Waals surface area contributed by atoms with Gasteiger partial charge in [0.15, 0.2) is 0 Å². The zero-order chi connectivity index (χ0) is 26.8. The smallest absolute Gasteiger partial charge is 0.478 e. The number of hydrogen-bond acceptors (Lipinski definition) is 7. The van der Waals surface area contributed by atoms with Crippen molar-refractivity contribution in [2.24, 2.45) is 0 Å². The first-order valence-electron chi connectivity index (χ1n) is 12.8. The number of carboxylic acid groups (broad SMARTS) is 1. The number of nitrogens with zero attached hydrogens (tertiary/aromatic N) is 3. The number of carbonyl (C=O) groups is 2. The molecular formula is C28H29F2N3O5. The van der Waals surface area contributed by atoms with Crippen LogP contribution in [0.5, 0.6) is 0 Å². The van der Waals surface area contributed by atoms with Crippen LogP contribution in [0, 0.1) is 6.92 Å². The minimum absolute atomic E-state index is 0.179. The number of fused-ring (bicyclic) bond motifs is 2. The predicted molar refractivity (Wildman–Crippen MR) is 135 cm³/mol. The quantitative estimate of drug-likeness (QED) is 0.354. The minimum atomic E-state index is -2.83. The molecule has 1 N–H and O–H groups in total. The van der Waals surface area contributed by atoms with Gasteiger partial charge in [0, 0.05) is 35.3 Å². The highest BCUT2D eigenvalue weighted by Crippen LogP contribution is 2.45. The fourth-order valence-corrected chi connectivity index (χ4v) is 5.72. The molecular weight excluding hydrogens is 496 g/mol. The number of aryl methyl sites for hydroxylation is 1. The van der Waals surface area contributed by atoms with Gasteiger partial charge in [-0.2, -0.15) is 0 Å². The average molecular weight is 526 g/mol. The lowest BCUT2D eigenvalue weighted by Gasteiger charge is -2.40. The Hall–Kier alpha value is -3.66. The molecule has 2 aromatic heterocycles. The molecule has 1 aromatic carbocycles. The Bertz CT molecular complexity index is 1290. The number of pyridine rings is 1. The summed E-state index contributed by atoms with van der Waals surface area (Å²) in [7, 11) is 0. The molecule has 3 aromatic rings. The lowest BCUT2D eigenvalue weighted by molar-refractivity contribution is 0.0145. The summed E-state index contributed by atoms with van der Waals surface area (Å²) in [4.78, 5) is 26.4. The van der Waals surface area contributed by atoms with Crippen LogP contribution in [0.3, 0.4) is 0 Å². The lowest BCUT2D eigenvalue weighted by atomic mass is 9.98. The Balaban J connectivity index is 0.000000689. The Morgan fingerprint density at radius 2 is 1.76 bits per heavy atom. The summed E-state index contributed by atoms with van der Waals surface area (Å²) in [5.74, 6) is 1.45. The summed E-state index contributed by atoms with van der Waals surface area (Å²) >= 11 is 0. The lowest BCUT2D eigenvalue weighted by Crippen LogP contribution is -2.46. The molecule has 0 spiro atoms. The predicted octanol–water partition coefficient (Wildman–Crippen LogP) is 6.38. The summed E-state index contributed by atoms with van der Waals surface area (Å²) in [6.45, 7) is 2.47. The number of aromatic nitrogens is 2. The monoisotopic (exact) mass is 525 g/mol. The molecule has 8 nitrogen and oxygen atoms in total. The van der Waals surface area contributed by atoms with Crippen LogP contribution in [0.1, 0.15) is 71.7 Å². The number of aromatic carboxylic acids is 1. The maximum Gasteiger partial charge on any atom is 0.483 e. The highest BCUT2D eigenvalue weighted by molar-refractivity contribution is 5.87. The molecule has 1 aliphatic carbocycles. The zero-order valence-electron chi connectivity index (χ0n) is 21.0. The molecule has 10 heteroatoms. The Morgan fingerprint density at radius 3 is 2.34 bits per heavy atom. The molecule has 2 bridgehead atoms. The summed E-state index contributed by atoms with van der Waals surface area (Å²) in [5.41, 5.74) is 4.23. The van der Waals surface area contributed by atoms with E-state index < -0.39 is 12.3 Å². The first-order chi connectivity index (χ1) is 18.3. The Morgan fingerprint density at radius 1 is 1.11 bits per heavy atom. The van der Waals surface area contributed by atoms with Crippen LogP contribution < -0.4 is 4.90 Å². The second-order valence-corrected chi connectivity index (χ2v) is 10.1. The van der Waals surface area contributed by atoms with Crippen LogP contribution in [0.4, 0.5) is 19.4 Å². The highest BCUT2D eigenvalue weighted by Gasteiger charge is 2.42. The standard InChI is InChI=1S/C27H29N3O4.CF2O/c1-16-11-19(27(31)32)14-28-26(16)30-20-9-10-21(30)13-22(12-20)33-15-23-24(17-5-3-2-4-6-17)29-34-25(23)18-7-8-18;2-1(3)4/h2-6,11,14,18,20-22H,7-10,12-13,15H2,1H3,(H,31,32);/t20-,21?,22?;/m0./s1. The molecule has 1 saturated carbocycles. The molecule has 6 rings (SSSR count). The number of carbonyl (C=O) groups excluding carboxylic acids is 1. The summed E-state index contributed by atoms with van der Waals surface area (Å²) in [5, 5.41) is 13.7. The largest absolute Gasteiger partial charge is 0.483 e. The van der Waals surface area contributed by atoms with E-state index in [1.807, 2.05) is 25.1 Å². The SMILES string of the molecule is Cc1cc(C(=O)O)cnc1N1C2CC[C@H]1CC(OCc1c(-c3ccccc3)noc1C1CC1)C2.O=C(F)F. The van der Waals surface area contributed by atoms with E-state index in [9.17, 15) is 18.7 Å². The van der Waals surface area contributed by atoms with E-state index in [1.165, 1.54) is 6.20 Å². The van der Waals surface area contributed by atoms with Gasteiger partial charge in [0.25, 0.3) is 0 Å². The van der Waals surface area contributed by atoms with Crippen molar-refractivity contribution in [2.75, 3.05) is 4.90 Å². The molecule has 4 heterocycles. The van der Waals surface area contributed by atoms with Crippen LogP contribution in [-0.2, 0) is 11.3 Å². The number of piperidine rings is 1. The van der Waals surface area contributed by atoms with Gasteiger partial charge in [-0.05, 0) is 57.1 Å². The van der Waals surface area contributed by atoms with E-state index in [2.05, 4.69) is 27.2 Å². The molecule has 2 saturated heterocycles. The first-order valence-corrected chi connectivity index (χ1v) is 12.8. The highest BCUT2D eigenvalue weighted by atomic mass is 19.3. The first kappa shape index (κ1) is 26.0. The van der Waals surface area contributed by atoms with Crippen molar-refractivity contribution < 1.29 is 32.7 Å². The van der Waals surface area contributed by atoms with E-state index in [1.54, 1.807) is 6.07 Å². The molecule has 200 valence electrons. The summed E-state index contributed by atoms with van der Waals surface area (Å²) in [6.07, 6.45) is 5.26.